The first-order valence-corrected chi connectivity index (χ1v) is 9.45. The Bertz CT molecular complexity index is 922. The van der Waals surface area contributed by atoms with E-state index in [0.29, 0.717) is 6.92 Å². The lowest BCUT2D eigenvalue weighted by atomic mass is 9.81. The highest BCUT2D eigenvalue weighted by molar-refractivity contribution is 6.12. The van der Waals surface area contributed by atoms with Gasteiger partial charge in [0, 0.05) is 24.0 Å². The van der Waals surface area contributed by atoms with Crippen LogP contribution < -0.4 is 4.74 Å². The number of carbonyl (C=O) groups is 5. The van der Waals surface area contributed by atoms with Crippen molar-refractivity contribution in [3.8, 4) is 5.75 Å². The Morgan fingerprint density at radius 2 is 1.44 bits per heavy atom. The van der Waals surface area contributed by atoms with Gasteiger partial charge in [0.05, 0.1) is 6.61 Å². The lowest BCUT2D eigenvalue weighted by Gasteiger charge is -2.22. The molecular weight excluding hydrogens is 478 g/mol. The molecule has 0 heterocycles. The molecule has 186 valence electrons. The standard InChI is InChI=1S/C21H18F6O7/c1-3-14(28)33-10-4-5-15(29)34-13-8-6-12(7-9-13)17(30)11(2)16(18(31)20(22,23)24)19(32)21(25,26)27/h3,6-9,11,16H,1,4-5,10H2,2H3. The van der Waals surface area contributed by atoms with Crippen molar-refractivity contribution in [2.45, 2.75) is 32.1 Å². The summed E-state index contributed by atoms with van der Waals surface area (Å²) in [6.45, 7) is 3.71. The van der Waals surface area contributed by atoms with Gasteiger partial charge in [-0.25, -0.2) is 4.79 Å². The number of Topliss-reactive ketones (excluding diaryl/α,β-unsaturated/α-hetero) is 3. The molecule has 0 saturated carbocycles. The molecule has 1 unspecified atom stereocenters. The van der Waals surface area contributed by atoms with Crippen LogP contribution in [-0.2, 0) is 23.9 Å². The molecule has 0 aliphatic rings. The third-order valence-electron chi connectivity index (χ3n) is 4.34. The summed E-state index contributed by atoms with van der Waals surface area (Å²) in [5.41, 5.74) is -0.418. The van der Waals surface area contributed by atoms with Crippen LogP contribution in [0.2, 0.25) is 0 Å². The molecule has 0 fully saturated rings. The van der Waals surface area contributed by atoms with Crippen molar-refractivity contribution in [2.24, 2.45) is 11.8 Å². The Hall–Kier alpha value is -3.51. The maximum Gasteiger partial charge on any atom is 0.450 e. The Kier molecular flexibility index (Phi) is 9.70. The molecule has 1 rings (SSSR count). The van der Waals surface area contributed by atoms with Gasteiger partial charge in [0.1, 0.15) is 11.7 Å². The second-order valence-corrected chi connectivity index (χ2v) is 6.83. The van der Waals surface area contributed by atoms with Crippen molar-refractivity contribution in [1.29, 1.82) is 0 Å². The summed E-state index contributed by atoms with van der Waals surface area (Å²) < 4.78 is 86.2. The minimum Gasteiger partial charge on any atom is -0.463 e. The average Bonchev–Trinajstić information content (AvgIpc) is 2.75. The van der Waals surface area contributed by atoms with Gasteiger partial charge in [0.25, 0.3) is 0 Å². The fraction of sp³-hybridized carbons (Fsp3) is 0.381. The van der Waals surface area contributed by atoms with Crippen LogP contribution in [0.5, 0.6) is 5.75 Å². The number of alkyl halides is 6. The van der Waals surface area contributed by atoms with Gasteiger partial charge < -0.3 is 9.47 Å². The summed E-state index contributed by atoms with van der Waals surface area (Å²) >= 11 is 0. The first kappa shape index (κ1) is 28.5. The Labute approximate surface area is 188 Å². The fourth-order valence-corrected chi connectivity index (χ4v) is 2.66. The Morgan fingerprint density at radius 1 is 0.941 bits per heavy atom. The first-order chi connectivity index (χ1) is 15.6. The maximum atomic E-state index is 12.8. The summed E-state index contributed by atoms with van der Waals surface area (Å²) in [4.78, 5) is 58.0. The second kappa shape index (κ2) is 11.6. The van der Waals surface area contributed by atoms with E-state index >= 15 is 0 Å². The second-order valence-electron chi connectivity index (χ2n) is 6.83. The lowest BCUT2D eigenvalue weighted by molar-refractivity contribution is -0.191. The van der Waals surface area contributed by atoms with E-state index in [9.17, 15) is 50.3 Å². The highest BCUT2D eigenvalue weighted by atomic mass is 19.4. The van der Waals surface area contributed by atoms with Crippen molar-refractivity contribution in [3.63, 3.8) is 0 Å². The normalized spacial score (nSPS) is 12.6. The number of halogens is 6. The Balaban J connectivity index is 2.91. The fourth-order valence-electron chi connectivity index (χ4n) is 2.66. The van der Waals surface area contributed by atoms with Gasteiger partial charge >= 0.3 is 24.3 Å². The van der Waals surface area contributed by atoms with Crippen LogP contribution in [0.1, 0.15) is 30.1 Å². The molecule has 13 heteroatoms. The van der Waals surface area contributed by atoms with Crippen molar-refractivity contribution < 1.29 is 59.8 Å². The number of hydrogen-bond donors (Lipinski definition) is 0. The number of benzene rings is 1. The zero-order chi connectivity index (χ0) is 26.3. The third-order valence-corrected chi connectivity index (χ3v) is 4.34. The molecule has 0 N–H and O–H groups in total. The molecule has 0 amide bonds. The molecule has 1 aromatic rings. The van der Waals surface area contributed by atoms with Crippen LogP contribution in [0.3, 0.4) is 0 Å². The zero-order valence-electron chi connectivity index (χ0n) is 17.5. The smallest absolute Gasteiger partial charge is 0.450 e. The van der Waals surface area contributed by atoms with E-state index in [1.54, 1.807) is 0 Å². The minimum absolute atomic E-state index is 0.0836. The number of ether oxygens (including phenoxy) is 2. The highest BCUT2D eigenvalue weighted by Gasteiger charge is 2.56. The van der Waals surface area contributed by atoms with Crippen molar-refractivity contribution >= 4 is 29.3 Å². The Morgan fingerprint density at radius 3 is 1.88 bits per heavy atom. The van der Waals surface area contributed by atoms with E-state index in [0.717, 1.165) is 30.3 Å². The molecule has 7 nitrogen and oxygen atoms in total. The molecule has 34 heavy (non-hydrogen) atoms. The van der Waals surface area contributed by atoms with E-state index in [2.05, 4.69) is 11.3 Å². The predicted molar refractivity (Wildman–Crippen MR) is 102 cm³/mol. The molecule has 1 atom stereocenters. The highest BCUT2D eigenvalue weighted by Crippen LogP contribution is 2.33. The number of rotatable bonds is 11. The van der Waals surface area contributed by atoms with Crippen LogP contribution in [0, 0.1) is 11.8 Å². The van der Waals surface area contributed by atoms with E-state index < -0.39 is 59.0 Å². The molecule has 1 aromatic carbocycles. The largest absolute Gasteiger partial charge is 0.463 e. The van der Waals surface area contributed by atoms with Gasteiger partial charge in [-0.2, -0.15) is 26.3 Å². The van der Waals surface area contributed by atoms with E-state index in [1.165, 1.54) is 0 Å². The van der Waals surface area contributed by atoms with Crippen LogP contribution in [0.25, 0.3) is 0 Å². The minimum atomic E-state index is -5.78. The van der Waals surface area contributed by atoms with Crippen LogP contribution in [0.4, 0.5) is 26.3 Å². The number of carbonyl (C=O) groups excluding carboxylic acids is 5. The van der Waals surface area contributed by atoms with Gasteiger partial charge in [-0.1, -0.05) is 13.5 Å². The molecule has 0 aliphatic heterocycles. The summed E-state index contributed by atoms with van der Waals surface area (Å²) in [5, 5.41) is 0. The predicted octanol–water partition coefficient (Wildman–Crippen LogP) is 3.80. The summed E-state index contributed by atoms with van der Waals surface area (Å²) in [5.74, 6) is -14.4. The summed E-state index contributed by atoms with van der Waals surface area (Å²) in [6.07, 6.45) is -10.7. The zero-order valence-corrected chi connectivity index (χ0v) is 17.5. The molecule has 0 aromatic heterocycles. The van der Waals surface area contributed by atoms with Crippen LogP contribution in [-0.4, -0.2) is 48.2 Å². The molecule has 0 spiro atoms. The lowest BCUT2D eigenvalue weighted by Crippen LogP contribution is -2.46. The summed E-state index contributed by atoms with van der Waals surface area (Å²) in [7, 11) is 0. The van der Waals surface area contributed by atoms with Gasteiger partial charge in [-0.05, 0) is 30.7 Å². The van der Waals surface area contributed by atoms with Crippen molar-refractivity contribution in [2.75, 3.05) is 6.61 Å². The maximum absolute atomic E-state index is 12.8. The molecule has 0 aliphatic carbocycles. The topological polar surface area (TPSA) is 104 Å². The van der Waals surface area contributed by atoms with Crippen LogP contribution >= 0.6 is 0 Å². The summed E-state index contributed by atoms with van der Waals surface area (Å²) in [6, 6.07) is 3.98. The van der Waals surface area contributed by atoms with Crippen molar-refractivity contribution in [3.05, 3.63) is 42.5 Å². The monoisotopic (exact) mass is 496 g/mol. The quantitative estimate of drug-likeness (QED) is 0.0873. The molecule has 0 bridgehead atoms. The third kappa shape index (κ3) is 8.12. The number of ketones is 3. The number of esters is 2. The van der Waals surface area contributed by atoms with Gasteiger partial charge in [0.15, 0.2) is 5.78 Å². The van der Waals surface area contributed by atoms with Crippen molar-refractivity contribution in [1.82, 2.24) is 0 Å². The van der Waals surface area contributed by atoms with Gasteiger partial charge in [0.2, 0.25) is 11.6 Å². The molecule has 0 saturated heterocycles. The molecular formula is C21H18F6O7. The van der Waals surface area contributed by atoms with Gasteiger partial charge in [-0.15, -0.1) is 0 Å². The SMILES string of the molecule is C=CC(=O)OCCCC(=O)Oc1ccc(C(=O)C(C)C(C(=O)C(F)(F)F)C(=O)C(F)(F)F)cc1. The van der Waals surface area contributed by atoms with Crippen LogP contribution in [0.15, 0.2) is 36.9 Å². The number of hydrogen-bond acceptors (Lipinski definition) is 7. The average molecular weight is 496 g/mol. The van der Waals surface area contributed by atoms with E-state index in [1.807, 2.05) is 0 Å². The van der Waals surface area contributed by atoms with Gasteiger partial charge in [-0.3, -0.25) is 19.2 Å². The van der Waals surface area contributed by atoms with E-state index in [-0.39, 0.29) is 25.2 Å². The first-order valence-electron chi connectivity index (χ1n) is 9.45. The van der Waals surface area contributed by atoms with E-state index in [4.69, 9.17) is 4.74 Å². The molecule has 0 radical (unpaired) electrons.